The Kier molecular flexibility index (Phi) is 3.78. The first-order chi connectivity index (χ1) is 9.85. The van der Waals surface area contributed by atoms with Crippen LogP contribution in [0.4, 0.5) is 5.82 Å². The molecule has 0 spiro atoms. The van der Waals surface area contributed by atoms with Crippen LogP contribution in [0.2, 0.25) is 0 Å². The molecule has 104 valence electrons. The van der Waals surface area contributed by atoms with Gasteiger partial charge in [-0.2, -0.15) is 0 Å². The van der Waals surface area contributed by atoms with Crippen molar-refractivity contribution < 1.29 is 4.74 Å². The highest BCUT2D eigenvalue weighted by molar-refractivity contribution is 5.40. The highest BCUT2D eigenvalue weighted by atomic mass is 16.5. The second-order valence-electron chi connectivity index (χ2n) is 4.73. The Hall–Kier alpha value is -2.14. The van der Waals surface area contributed by atoms with Crippen molar-refractivity contribution >= 4 is 5.82 Å². The van der Waals surface area contributed by atoms with Gasteiger partial charge in [0.1, 0.15) is 12.1 Å². The third kappa shape index (κ3) is 2.88. The number of benzene rings is 1. The maximum atomic E-state index is 5.36. The van der Waals surface area contributed by atoms with Crippen molar-refractivity contribution in [3.63, 3.8) is 0 Å². The first-order valence-corrected chi connectivity index (χ1v) is 6.85. The minimum atomic E-state index is 0.600. The van der Waals surface area contributed by atoms with Gasteiger partial charge in [-0.1, -0.05) is 18.2 Å². The summed E-state index contributed by atoms with van der Waals surface area (Å²) in [5.41, 5.74) is 4.04. The second kappa shape index (κ2) is 5.88. The van der Waals surface area contributed by atoms with Crippen LogP contribution in [0.25, 0.3) is 0 Å². The fourth-order valence-electron chi connectivity index (χ4n) is 2.31. The lowest BCUT2D eigenvalue weighted by molar-refractivity contribution is 0.326. The van der Waals surface area contributed by atoms with Gasteiger partial charge in [0, 0.05) is 25.7 Å². The van der Waals surface area contributed by atoms with E-state index in [1.165, 1.54) is 23.0 Å². The molecule has 5 nitrogen and oxygen atoms in total. The average Bonchev–Trinajstić information content (AvgIpc) is 2.93. The first-order valence-electron chi connectivity index (χ1n) is 6.85. The average molecular weight is 270 g/mol. The SMILES string of the molecule is CCOc1cc(NCc2ccc3c(c2)CNC3)ncn1. The number of nitrogens with one attached hydrogen (secondary N) is 2. The van der Waals surface area contributed by atoms with Gasteiger partial charge in [-0.25, -0.2) is 9.97 Å². The van der Waals surface area contributed by atoms with Crippen molar-refractivity contribution in [2.75, 3.05) is 11.9 Å². The Balaban J connectivity index is 1.65. The van der Waals surface area contributed by atoms with E-state index in [-0.39, 0.29) is 0 Å². The summed E-state index contributed by atoms with van der Waals surface area (Å²) in [7, 11) is 0. The highest BCUT2D eigenvalue weighted by Gasteiger charge is 2.09. The summed E-state index contributed by atoms with van der Waals surface area (Å²) >= 11 is 0. The number of hydrogen-bond acceptors (Lipinski definition) is 5. The van der Waals surface area contributed by atoms with Gasteiger partial charge in [-0.05, 0) is 23.6 Å². The van der Waals surface area contributed by atoms with E-state index in [2.05, 4.69) is 38.8 Å². The number of rotatable bonds is 5. The summed E-state index contributed by atoms with van der Waals surface area (Å²) in [4.78, 5) is 8.24. The second-order valence-corrected chi connectivity index (χ2v) is 4.73. The lowest BCUT2D eigenvalue weighted by Crippen LogP contribution is -2.03. The summed E-state index contributed by atoms with van der Waals surface area (Å²) < 4.78 is 5.36. The third-order valence-electron chi connectivity index (χ3n) is 3.31. The Morgan fingerprint density at radius 3 is 3.00 bits per heavy atom. The van der Waals surface area contributed by atoms with Crippen LogP contribution in [0.1, 0.15) is 23.6 Å². The number of ether oxygens (including phenoxy) is 1. The van der Waals surface area contributed by atoms with Gasteiger partial charge < -0.3 is 15.4 Å². The van der Waals surface area contributed by atoms with Crippen molar-refractivity contribution in [2.24, 2.45) is 0 Å². The van der Waals surface area contributed by atoms with Crippen molar-refractivity contribution in [3.05, 3.63) is 47.3 Å². The Morgan fingerprint density at radius 1 is 1.20 bits per heavy atom. The summed E-state index contributed by atoms with van der Waals surface area (Å²) in [6, 6.07) is 8.41. The third-order valence-corrected chi connectivity index (χ3v) is 3.31. The van der Waals surface area contributed by atoms with Crippen molar-refractivity contribution in [2.45, 2.75) is 26.6 Å². The topological polar surface area (TPSA) is 59.1 Å². The molecule has 1 aliphatic rings. The van der Waals surface area contributed by atoms with Gasteiger partial charge in [-0.3, -0.25) is 0 Å². The number of fused-ring (bicyclic) bond motifs is 1. The number of nitrogens with zero attached hydrogens (tertiary/aromatic N) is 2. The van der Waals surface area contributed by atoms with E-state index < -0.39 is 0 Å². The van der Waals surface area contributed by atoms with Crippen molar-refractivity contribution in [3.8, 4) is 5.88 Å². The largest absolute Gasteiger partial charge is 0.478 e. The zero-order valence-corrected chi connectivity index (χ0v) is 11.5. The first kappa shape index (κ1) is 12.9. The zero-order chi connectivity index (χ0) is 13.8. The van der Waals surface area contributed by atoms with Crippen LogP contribution in [-0.4, -0.2) is 16.6 Å². The normalized spacial score (nSPS) is 13.1. The molecule has 0 aliphatic carbocycles. The molecule has 2 N–H and O–H groups in total. The minimum Gasteiger partial charge on any atom is -0.478 e. The Morgan fingerprint density at radius 2 is 2.10 bits per heavy atom. The summed E-state index contributed by atoms with van der Waals surface area (Å²) in [6.45, 7) is 5.23. The van der Waals surface area contributed by atoms with Crippen LogP contribution in [0.3, 0.4) is 0 Å². The maximum Gasteiger partial charge on any atom is 0.218 e. The molecule has 0 amide bonds. The Labute approximate surface area is 118 Å². The van der Waals surface area contributed by atoms with Crippen LogP contribution in [0, 0.1) is 0 Å². The maximum absolute atomic E-state index is 5.36. The monoisotopic (exact) mass is 270 g/mol. The zero-order valence-electron chi connectivity index (χ0n) is 11.5. The van der Waals surface area contributed by atoms with Gasteiger partial charge in [0.2, 0.25) is 5.88 Å². The van der Waals surface area contributed by atoms with Crippen LogP contribution < -0.4 is 15.4 Å². The van der Waals surface area contributed by atoms with Crippen LogP contribution in [-0.2, 0) is 19.6 Å². The quantitative estimate of drug-likeness (QED) is 0.871. The number of aromatic nitrogens is 2. The van der Waals surface area contributed by atoms with E-state index in [0.717, 1.165) is 25.5 Å². The molecule has 3 rings (SSSR count). The summed E-state index contributed by atoms with van der Waals surface area (Å²) in [6.07, 6.45) is 1.51. The molecule has 0 bridgehead atoms. The summed E-state index contributed by atoms with van der Waals surface area (Å²) in [5.74, 6) is 1.38. The van der Waals surface area contributed by atoms with E-state index in [0.29, 0.717) is 12.5 Å². The van der Waals surface area contributed by atoms with Crippen molar-refractivity contribution in [1.82, 2.24) is 15.3 Å². The Bertz CT molecular complexity index is 600. The molecule has 0 atom stereocenters. The fraction of sp³-hybridized carbons (Fsp3) is 0.333. The molecule has 5 heteroatoms. The van der Waals surface area contributed by atoms with E-state index in [9.17, 15) is 0 Å². The van der Waals surface area contributed by atoms with Gasteiger partial charge in [0.25, 0.3) is 0 Å². The van der Waals surface area contributed by atoms with E-state index in [1.807, 2.05) is 13.0 Å². The molecule has 0 saturated carbocycles. The number of anilines is 1. The lowest BCUT2D eigenvalue weighted by atomic mass is 10.1. The molecule has 1 aliphatic heterocycles. The molecular weight excluding hydrogens is 252 g/mol. The van der Waals surface area contributed by atoms with Gasteiger partial charge >= 0.3 is 0 Å². The van der Waals surface area contributed by atoms with Gasteiger partial charge in [0.15, 0.2) is 0 Å². The molecule has 1 aromatic carbocycles. The van der Waals surface area contributed by atoms with E-state index in [4.69, 9.17) is 4.74 Å². The molecule has 2 aromatic rings. The highest BCUT2D eigenvalue weighted by Crippen LogP contribution is 2.18. The molecular formula is C15H18N4O. The minimum absolute atomic E-state index is 0.600. The molecule has 20 heavy (non-hydrogen) atoms. The van der Waals surface area contributed by atoms with Crippen LogP contribution >= 0.6 is 0 Å². The number of hydrogen-bond donors (Lipinski definition) is 2. The smallest absolute Gasteiger partial charge is 0.218 e. The molecule has 0 unspecified atom stereocenters. The molecule has 1 aromatic heterocycles. The van der Waals surface area contributed by atoms with Gasteiger partial charge in [-0.15, -0.1) is 0 Å². The van der Waals surface area contributed by atoms with E-state index >= 15 is 0 Å². The van der Waals surface area contributed by atoms with Crippen molar-refractivity contribution in [1.29, 1.82) is 0 Å². The molecule has 0 fully saturated rings. The standard InChI is InChI=1S/C15H18N4O/c1-2-20-15-6-14(18-10-19-15)17-7-11-3-4-12-8-16-9-13(12)5-11/h3-6,10,16H,2,7-9H2,1H3,(H,17,18,19). The lowest BCUT2D eigenvalue weighted by Gasteiger charge is -2.08. The molecule has 0 radical (unpaired) electrons. The molecule has 2 heterocycles. The summed E-state index contributed by atoms with van der Waals surface area (Å²) in [5, 5.41) is 6.65. The van der Waals surface area contributed by atoms with Crippen LogP contribution in [0.15, 0.2) is 30.6 Å². The van der Waals surface area contributed by atoms with Crippen LogP contribution in [0.5, 0.6) is 5.88 Å². The predicted octanol–water partition coefficient (Wildman–Crippen LogP) is 2.09. The fourth-order valence-corrected chi connectivity index (χ4v) is 2.31. The van der Waals surface area contributed by atoms with Gasteiger partial charge in [0.05, 0.1) is 6.61 Å². The predicted molar refractivity (Wildman–Crippen MR) is 77.5 cm³/mol. The molecule has 0 saturated heterocycles. The van der Waals surface area contributed by atoms with E-state index in [1.54, 1.807) is 0 Å².